The molecule has 1 aromatic heterocycles. The number of aromatic nitrogens is 2. The van der Waals surface area contributed by atoms with Crippen LogP contribution >= 0.6 is 0 Å². The van der Waals surface area contributed by atoms with Crippen LogP contribution in [-0.2, 0) is 4.74 Å². The number of carbonyl (C=O) groups is 1. The van der Waals surface area contributed by atoms with Gasteiger partial charge < -0.3 is 24.1 Å². The van der Waals surface area contributed by atoms with Crippen LogP contribution in [0.1, 0.15) is 27.6 Å². The third-order valence-corrected chi connectivity index (χ3v) is 5.00. The first-order chi connectivity index (χ1) is 14.9. The highest BCUT2D eigenvalue weighted by molar-refractivity contribution is 5.98. The second-order valence-corrected chi connectivity index (χ2v) is 6.55. The second kappa shape index (κ2) is 7.56. The monoisotopic (exact) mass is 426 g/mol. The van der Waals surface area contributed by atoms with Crippen molar-refractivity contribution < 1.29 is 28.8 Å². The molecule has 0 bridgehead atoms. The zero-order valence-corrected chi connectivity index (χ0v) is 16.8. The maximum absolute atomic E-state index is 12.7. The minimum Gasteiger partial charge on any atom is -0.495 e. The molecule has 0 amide bonds. The van der Waals surface area contributed by atoms with E-state index in [1.54, 1.807) is 24.3 Å². The molecule has 10 heteroatoms. The van der Waals surface area contributed by atoms with Crippen LogP contribution in [0, 0.1) is 0 Å². The molecular formula is C21H18N2O8. The number of ether oxygens (including phenoxy) is 4. The molecule has 2 aromatic carbocycles. The lowest BCUT2D eigenvalue weighted by atomic mass is 9.99. The summed E-state index contributed by atoms with van der Waals surface area (Å²) in [6.07, 6.45) is -1.27. The number of nitrogens with zero attached hydrogens (tertiary/aromatic N) is 1. The van der Waals surface area contributed by atoms with E-state index in [1.165, 1.54) is 33.5 Å². The quantitative estimate of drug-likeness (QED) is 0.588. The number of hydrogen-bond acceptors (Lipinski definition) is 8. The number of cyclic esters (lactones) is 1. The highest BCUT2D eigenvalue weighted by Gasteiger charge is 2.40. The Bertz CT molecular complexity index is 1310. The van der Waals surface area contributed by atoms with E-state index >= 15 is 0 Å². The van der Waals surface area contributed by atoms with Crippen LogP contribution < -0.4 is 25.5 Å². The Morgan fingerprint density at radius 2 is 1.68 bits per heavy atom. The molecule has 2 N–H and O–H groups in total. The first-order valence-corrected chi connectivity index (χ1v) is 9.10. The van der Waals surface area contributed by atoms with Gasteiger partial charge in [0.1, 0.15) is 16.9 Å². The fraction of sp³-hybridized carbons (Fsp3) is 0.190. The molecule has 0 saturated heterocycles. The summed E-state index contributed by atoms with van der Waals surface area (Å²) in [5.74, 6) is -0.714. The fourth-order valence-electron chi connectivity index (χ4n) is 3.63. The number of benzene rings is 2. The van der Waals surface area contributed by atoms with Crippen LogP contribution in [-0.4, -0.2) is 42.0 Å². The van der Waals surface area contributed by atoms with E-state index in [-0.39, 0.29) is 33.9 Å². The Hall–Kier alpha value is -4.21. The lowest BCUT2D eigenvalue weighted by Crippen LogP contribution is -2.33. The zero-order chi connectivity index (χ0) is 22.3. The van der Waals surface area contributed by atoms with Crippen molar-refractivity contribution in [2.75, 3.05) is 21.3 Å². The standard InChI is InChI=1S/C21H18N2O8/c1-28-12-7-5-4-6-11(12)23-19(25)15(18(24)22-21(23)27)16-10-8-9-13(29-2)17(30-3)14(10)20(26)31-16/h4-9,16,25H,1-3H3,(H,22,24,27)/t16-/m1/s1. The summed E-state index contributed by atoms with van der Waals surface area (Å²) >= 11 is 0. The van der Waals surface area contributed by atoms with Gasteiger partial charge in [0.2, 0.25) is 5.88 Å². The topological polar surface area (TPSA) is 129 Å². The second-order valence-electron chi connectivity index (χ2n) is 6.55. The maximum atomic E-state index is 12.7. The van der Waals surface area contributed by atoms with Crippen molar-refractivity contribution >= 4 is 5.97 Å². The summed E-state index contributed by atoms with van der Waals surface area (Å²) in [5.41, 5.74) is -1.54. The summed E-state index contributed by atoms with van der Waals surface area (Å²) in [4.78, 5) is 40.0. The Morgan fingerprint density at radius 3 is 2.35 bits per heavy atom. The third-order valence-electron chi connectivity index (χ3n) is 5.00. The van der Waals surface area contributed by atoms with Crippen LogP contribution in [0.15, 0.2) is 46.0 Å². The SMILES string of the molecule is COc1ccccc1-n1c(O)c([C@@H]2OC(=O)c3c2ccc(OC)c3OC)c(=O)[nH]c1=O. The number of fused-ring (bicyclic) bond motifs is 1. The van der Waals surface area contributed by atoms with E-state index in [0.29, 0.717) is 5.75 Å². The number of methoxy groups -OCH3 is 3. The first kappa shape index (κ1) is 20.1. The molecule has 0 unspecified atom stereocenters. The van der Waals surface area contributed by atoms with Crippen LogP contribution in [0.4, 0.5) is 0 Å². The molecule has 1 atom stereocenters. The van der Waals surface area contributed by atoms with E-state index < -0.39 is 29.2 Å². The Balaban J connectivity index is 1.98. The van der Waals surface area contributed by atoms with Crippen LogP contribution in [0.3, 0.4) is 0 Å². The van der Waals surface area contributed by atoms with Crippen LogP contribution in [0.2, 0.25) is 0 Å². The van der Waals surface area contributed by atoms with Gasteiger partial charge in [-0.25, -0.2) is 14.2 Å². The van der Waals surface area contributed by atoms with Crippen molar-refractivity contribution in [2.45, 2.75) is 6.10 Å². The number of hydrogen-bond donors (Lipinski definition) is 2. The number of aromatic amines is 1. The minimum absolute atomic E-state index is 0.0701. The molecule has 31 heavy (non-hydrogen) atoms. The smallest absolute Gasteiger partial charge is 0.343 e. The number of rotatable bonds is 5. The van der Waals surface area contributed by atoms with Gasteiger partial charge in [-0.1, -0.05) is 18.2 Å². The van der Waals surface area contributed by atoms with Gasteiger partial charge in [0.25, 0.3) is 5.56 Å². The average Bonchev–Trinajstić information content (AvgIpc) is 3.09. The van der Waals surface area contributed by atoms with Gasteiger partial charge in [-0.3, -0.25) is 9.78 Å². The first-order valence-electron chi connectivity index (χ1n) is 9.10. The summed E-state index contributed by atoms with van der Waals surface area (Å²) in [5, 5.41) is 11.0. The Kier molecular flexibility index (Phi) is 4.90. The number of para-hydroxylation sites is 2. The van der Waals surface area contributed by atoms with Gasteiger partial charge in [-0.05, 0) is 18.2 Å². The van der Waals surface area contributed by atoms with Crippen molar-refractivity contribution in [1.82, 2.24) is 9.55 Å². The molecule has 1 aliphatic heterocycles. The largest absolute Gasteiger partial charge is 0.495 e. The molecule has 2 heterocycles. The number of H-pyrrole nitrogens is 1. The summed E-state index contributed by atoms with van der Waals surface area (Å²) < 4.78 is 22.0. The molecule has 0 spiro atoms. The summed E-state index contributed by atoms with van der Waals surface area (Å²) in [6, 6.07) is 9.53. The average molecular weight is 426 g/mol. The van der Waals surface area contributed by atoms with E-state index in [4.69, 9.17) is 18.9 Å². The highest BCUT2D eigenvalue weighted by Crippen LogP contribution is 2.45. The normalized spacial score (nSPS) is 14.7. The molecule has 160 valence electrons. The zero-order valence-electron chi connectivity index (χ0n) is 16.8. The predicted octanol–water partition coefficient (Wildman–Crippen LogP) is 1.52. The summed E-state index contributed by atoms with van der Waals surface area (Å²) in [6.45, 7) is 0. The Morgan fingerprint density at radius 1 is 0.968 bits per heavy atom. The molecule has 0 radical (unpaired) electrons. The molecule has 4 rings (SSSR count). The van der Waals surface area contributed by atoms with E-state index in [0.717, 1.165) is 4.57 Å². The van der Waals surface area contributed by atoms with Gasteiger partial charge in [-0.15, -0.1) is 0 Å². The lowest BCUT2D eigenvalue weighted by Gasteiger charge is -2.17. The van der Waals surface area contributed by atoms with Crippen molar-refractivity contribution in [1.29, 1.82) is 0 Å². The third kappa shape index (κ3) is 3.00. The molecule has 10 nitrogen and oxygen atoms in total. The number of nitrogens with one attached hydrogen (secondary N) is 1. The molecule has 0 saturated carbocycles. The summed E-state index contributed by atoms with van der Waals surface area (Å²) in [7, 11) is 4.19. The van der Waals surface area contributed by atoms with Crippen molar-refractivity contribution in [2.24, 2.45) is 0 Å². The van der Waals surface area contributed by atoms with Crippen molar-refractivity contribution in [3.63, 3.8) is 0 Å². The predicted molar refractivity (Wildman–Crippen MR) is 108 cm³/mol. The van der Waals surface area contributed by atoms with E-state index in [9.17, 15) is 19.5 Å². The molecule has 0 aliphatic carbocycles. The van der Waals surface area contributed by atoms with Crippen LogP contribution in [0.25, 0.3) is 5.69 Å². The van der Waals surface area contributed by atoms with Crippen molar-refractivity contribution in [3.8, 4) is 28.8 Å². The van der Waals surface area contributed by atoms with Gasteiger partial charge >= 0.3 is 11.7 Å². The van der Waals surface area contributed by atoms with E-state index in [1.807, 2.05) is 0 Å². The number of carbonyl (C=O) groups excluding carboxylic acids is 1. The van der Waals surface area contributed by atoms with Crippen molar-refractivity contribution in [3.05, 3.63) is 73.9 Å². The highest BCUT2D eigenvalue weighted by atomic mass is 16.6. The molecule has 1 aliphatic rings. The molecule has 0 fully saturated rings. The van der Waals surface area contributed by atoms with Crippen LogP contribution in [0.5, 0.6) is 23.1 Å². The molecular weight excluding hydrogens is 408 g/mol. The van der Waals surface area contributed by atoms with Gasteiger partial charge in [0.05, 0.1) is 27.0 Å². The minimum atomic E-state index is -1.27. The maximum Gasteiger partial charge on any atom is 0.343 e. The van der Waals surface area contributed by atoms with Gasteiger partial charge in [-0.2, -0.15) is 0 Å². The number of aromatic hydroxyl groups is 1. The van der Waals surface area contributed by atoms with E-state index in [2.05, 4.69) is 4.98 Å². The van der Waals surface area contributed by atoms with Gasteiger partial charge in [0, 0.05) is 5.56 Å². The lowest BCUT2D eigenvalue weighted by molar-refractivity contribution is 0.0447. The Labute approximate surface area is 175 Å². The number of esters is 1. The van der Waals surface area contributed by atoms with Gasteiger partial charge in [0.15, 0.2) is 17.6 Å². The fourth-order valence-corrected chi connectivity index (χ4v) is 3.63. The molecule has 3 aromatic rings.